The van der Waals surface area contributed by atoms with Crippen molar-refractivity contribution < 1.29 is 67.7 Å². The number of hydrogen-bond donors (Lipinski definition) is 18. The maximum atomic E-state index is 14.5. The quantitative estimate of drug-likeness (QED) is 0.0130. The minimum atomic E-state index is -1.75. The van der Waals surface area contributed by atoms with Crippen molar-refractivity contribution in [1.82, 2.24) is 47.5 Å². The van der Waals surface area contributed by atoms with Gasteiger partial charge in [0.05, 0.1) is 19.0 Å². The Hall–Kier alpha value is -8.06. The summed E-state index contributed by atoms with van der Waals surface area (Å²) in [5.41, 5.74) is 34.2. The monoisotopic (exact) mass is 1120 g/mol. The number of primary amides is 2. The molecule has 10 amide bonds. The molecule has 0 aliphatic carbocycles. The predicted octanol–water partition coefficient (Wildman–Crippen LogP) is -5.59. The Kier molecular flexibility index (Phi) is 28.7. The number of H-pyrrole nitrogens is 1. The molecule has 0 spiro atoms. The van der Waals surface area contributed by atoms with Gasteiger partial charge in [-0.2, -0.15) is 12.6 Å². The topological polar surface area (TPSA) is 526 Å². The molecule has 31 heteroatoms. The van der Waals surface area contributed by atoms with E-state index < -0.39 is 151 Å². The van der Waals surface area contributed by atoms with Crippen molar-refractivity contribution >= 4 is 101 Å². The summed E-state index contributed by atoms with van der Waals surface area (Å²) in [5, 5.41) is 38.7. The first-order valence-electron chi connectivity index (χ1n) is 24.9. The molecular formula is C47H74N16O14S. The lowest BCUT2D eigenvalue weighted by atomic mass is 9.99. The summed E-state index contributed by atoms with van der Waals surface area (Å²) in [6.45, 7) is 2.45. The van der Waals surface area contributed by atoms with Gasteiger partial charge in [0.15, 0.2) is 5.96 Å². The van der Waals surface area contributed by atoms with E-state index in [1.807, 2.05) is 0 Å². The molecule has 30 nitrogen and oxygen atoms in total. The second-order valence-electron chi connectivity index (χ2n) is 18.4. The first kappa shape index (κ1) is 66.1. The number of aromatic nitrogens is 1. The molecule has 1 heterocycles. The highest BCUT2D eigenvalue weighted by Crippen LogP contribution is 2.20. The number of rotatable bonds is 37. The van der Waals surface area contributed by atoms with E-state index in [0.29, 0.717) is 29.3 Å². The third kappa shape index (κ3) is 23.9. The van der Waals surface area contributed by atoms with Crippen LogP contribution in [0.4, 0.5) is 0 Å². The Bertz CT molecular complexity index is 2470. The number of carboxylic acid groups (broad SMARTS) is 2. The normalized spacial score (nSPS) is 14.1. The van der Waals surface area contributed by atoms with Crippen LogP contribution in [0.1, 0.15) is 83.6 Å². The second-order valence-corrected chi connectivity index (χ2v) is 18.8. The number of nitrogens with zero attached hydrogens (tertiary/aromatic N) is 1. The lowest BCUT2D eigenvalue weighted by Gasteiger charge is -2.28. The zero-order valence-electron chi connectivity index (χ0n) is 43.3. The molecule has 0 radical (unpaired) electrons. The molecule has 0 bridgehead atoms. The van der Waals surface area contributed by atoms with Gasteiger partial charge in [-0.05, 0) is 69.0 Å². The van der Waals surface area contributed by atoms with Gasteiger partial charge in [-0.3, -0.25) is 57.7 Å². The average Bonchev–Trinajstić information content (AvgIpc) is 3.78. The van der Waals surface area contributed by atoms with Crippen LogP contribution in [0.3, 0.4) is 0 Å². The molecule has 2 aromatic rings. The van der Waals surface area contributed by atoms with Crippen LogP contribution in [0.25, 0.3) is 10.9 Å². The molecule has 0 aliphatic heterocycles. The third-order valence-electron chi connectivity index (χ3n) is 11.7. The fraction of sp³-hybridized carbons (Fsp3) is 0.553. The van der Waals surface area contributed by atoms with Crippen molar-refractivity contribution in [2.24, 2.45) is 45.3 Å². The summed E-state index contributed by atoms with van der Waals surface area (Å²) in [6, 6.07) is -4.51. The minimum absolute atomic E-state index is 0.0114. The highest BCUT2D eigenvalue weighted by Gasteiger charge is 2.35. The van der Waals surface area contributed by atoms with Gasteiger partial charge >= 0.3 is 11.9 Å². The van der Waals surface area contributed by atoms with E-state index in [1.165, 1.54) is 0 Å². The third-order valence-corrected chi connectivity index (χ3v) is 12.1. The molecule has 8 atom stereocenters. The molecule has 0 saturated heterocycles. The number of guanidine groups is 1. The number of hydrogen-bond acceptors (Lipinski definition) is 16. The van der Waals surface area contributed by atoms with Crippen LogP contribution in [-0.2, 0) is 64.0 Å². The summed E-state index contributed by atoms with van der Waals surface area (Å²) in [7, 11) is 0. The van der Waals surface area contributed by atoms with Crippen molar-refractivity contribution in [3.05, 3.63) is 36.0 Å². The Balaban J connectivity index is 2.39. The van der Waals surface area contributed by atoms with Gasteiger partial charge in [-0.1, -0.05) is 32.0 Å². The van der Waals surface area contributed by atoms with Crippen molar-refractivity contribution in [2.75, 3.05) is 25.4 Å². The van der Waals surface area contributed by atoms with Crippen molar-refractivity contribution in [3.63, 3.8) is 0 Å². The number of unbranched alkanes of at least 4 members (excludes halogenated alkanes) is 1. The summed E-state index contributed by atoms with van der Waals surface area (Å²) in [4.78, 5) is 162. The van der Waals surface area contributed by atoms with Gasteiger partial charge in [-0.25, -0.2) is 4.79 Å². The summed E-state index contributed by atoms with van der Waals surface area (Å²) in [5.74, 6) is -13.4. The van der Waals surface area contributed by atoms with E-state index in [4.69, 9.17) is 39.5 Å². The number of para-hydroxylation sites is 1. The molecule has 432 valence electrons. The van der Waals surface area contributed by atoms with E-state index in [9.17, 15) is 62.6 Å². The lowest BCUT2D eigenvalue weighted by molar-refractivity contribution is -0.143. The molecule has 0 fully saturated rings. The van der Waals surface area contributed by atoms with Crippen LogP contribution in [0.2, 0.25) is 0 Å². The van der Waals surface area contributed by atoms with Gasteiger partial charge in [0.2, 0.25) is 59.1 Å². The van der Waals surface area contributed by atoms with Gasteiger partial charge < -0.3 is 92.1 Å². The van der Waals surface area contributed by atoms with Gasteiger partial charge in [-0.15, -0.1) is 0 Å². The Morgan fingerprint density at radius 1 is 0.628 bits per heavy atom. The smallest absolute Gasteiger partial charge is 0.326 e. The lowest BCUT2D eigenvalue weighted by Crippen LogP contribution is -2.61. The number of fused-ring (bicyclic) bond motifs is 1. The number of benzene rings is 1. The van der Waals surface area contributed by atoms with Crippen molar-refractivity contribution in [2.45, 2.75) is 133 Å². The van der Waals surface area contributed by atoms with E-state index in [1.54, 1.807) is 44.3 Å². The van der Waals surface area contributed by atoms with Crippen molar-refractivity contribution in [1.29, 1.82) is 0 Å². The van der Waals surface area contributed by atoms with Crippen LogP contribution < -0.4 is 76.9 Å². The zero-order valence-corrected chi connectivity index (χ0v) is 44.2. The summed E-state index contributed by atoms with van der Waals surface area (Å²) >= 11 is 4.19. The molecule has 78 heavy (non-hydrogen) atoms. The van der Waals surface area contributed by atoms with Crippen LogP contribution in [0, 0.1) is 5.92 Å². The maximum Gasteiger partial charge on any atom is 0.326 e. The van der Waals surface area contributed by atoms with E-state index in [2.05, 4.69) is 65.1 Å². The number of carbonyl (C=O) groups excluding carboxylic acids is 10. The first-order valence-corrected chi connectivity index (χ1v) is 25.5. The Labute approximate surface area is 454 Å². The Morgan fingerprint density at radius 3 is 1.79 bits per heavy atom. The number of carbonyl (C=O) groups is 12. The number of thiol groups is 1. The minimum Gasteiger partial charge on any atom is -0.481 e. The standard InChI is InChI=1S/C47H74N16O14S/c1-23(2)38(45(75)61-32(19-35(51)65)40(70)56-21-36(66)57-28(11-7-17-54-47(52)53)41(71)59-30(46(76)77)13-15-37(67)68)63-43(73)31(18-24-20-55-27-9-4-3-8-25(24)27)60-42(72)29(10-5-6-16-48)58-44(74)33(22-78)62-39(69)26(49)12-14-34(50)64/h3-4,8-9,20,23,26,28-33,38,55,78H,5-7,10-19,21-22,48-49H2,1-2H3,(H2,50,64)(H2,51,65)(H,56,70)(H,57,66)(H,58,74)(H,59,71)(H,60,72)(H,61,75)(H,62,69)(H,63,73)(H,67,68)(H,76,77)(H4,52,53,54). The summed E-state index contributed by atoms with van der Waals surface area (Å²) in [6.07, 6.45) is -0.0469. The number of amides is 10. The van der Waals surface area contributed by atoms with Crippen LogP contribution in [0.15, 0.2) is 35.5 Å². The van der Waals surface area contributed by atoms with Crippen molar-refractivity contribution in [3.8, 4) is 0 Å². The number of aliphatic imine (C=N–C) groups is 1. The van der Waals surface area contributed by atoms with Crippen LogP contribution >= 0.6 is 12.6 Å². The SMILES string of the molecule is CC(C)C(NC(=O)C(Cc1c[nH]c2ccccc12)NC(=O)C(CCCCN)NC(=O)C(CS)NC(=O)C(N)CCC(N)=O)C(=O)NC(CC(N)=O)C(=O)NCC(=O)NC(CCCN=C(N)N)C(=O)NC(CCC(=O)O)C(=O)O. The number of aromatic amines is 1. The fourth-order valence-corrected chi connectivity index (χ4v) is 7.76. The fourth-order valence-electron chi connectivity index (χ4n) is 7.50. The Morgan fingerprint density at radius 2 is 1.21 bits per heavy atom. The number of aliphatic carboxylic acids is 2. The average molecular weight is 1120 g/mol. The highest BCUT2D eigenvalue weighted by atomic mass is 32.1. The zero-order chi connectivity index (χ0) is 58.6. The van der Waals surface area contributed by atoms with Gasteiger partial charge in [0.1, 0.15) is 42.3 Å². The molecule has 2 rings (SSSR count). The van der Waals surface area contributed by atoms with Gasteiger partial charge in [0.25, 0.3) is 0 Å². The maximum absolute atomic E-state index is 14.5. The molecular weight excluding hydrogens is 1040 g/mol. The predicted molar refractivity (Wildman–Crippen MR) is 285 cm³/mol. The van der Waals surface area contributed by atoms with Crippen LogP contribution in [0.5, 0.6) is 0 Å². The van der Waals surface area contributed by atoms with E-state index >= 15 is 0 Å². The van der Waals surface area contributed by atoms with Crippen LogP contribution in [-0.4, -0.2) is 166 Å². The molecule has 1 aromatic carbocycles. The summed E-state index contributed by atoms with van der Waals surface area (Å²) < 4.78 is 0. The van der Waals surface area contributed by atoms with E-state index in [0.717, 1.165) is 0 Å². The second kappa shape index (κ2) is 33.9. The molecule has 0 saturated carbocycles. The number of carboxylic acids is 2. The highest BCUT2D eigenvalue weighted by molar-refractivity contribution is 7.80. The first-order chi connectivity index (χ1) is 36.8. The largest absolute Gasteiger partial charge is 0.481 e. The number of nitrogens with one attached hydrogen (secondary N) is 9. The molecule has 23 N–H and O–H groups in total. The van der Waals surface area contributed by atoms with E-state index in [-0.39, 0.29) is 63.3 Å². The molecule has 8 unspecified atom stereocenters. The molecule has 1 aromatic heterocycles. The van der Waals surface area contributed by atoms with Gasteiger partial charge in [0, 0.05) is 48.7 Å². The molecule has 0 aliphatic rings. The number of nitrogens with two attached hydrogens (primary N) is 6.